The normalized spacial score (nSPS) is 17.8. The molecular weight excluding hydrogens is 663 g/mol. The molecule has 0 saturated carbocycles. The number of halogens is 3. The standard InChI is InChI=1S/C35H40F3N11O2/c1-4-25-16-24(10-12-49(25)26-7-6-23(18-39)28(17-26)35(36,37)38)40-11-14-51-15-13-47-20-31(50)48(5-2)34-33(47)41-19-30(45-34)27-8-9-29(44-22(27)3)32-42-21-43-46-32/h6-9,17,19,21,24-25,40H,4-5,10-16,20H2,1-3H3,(H,42,43,46)/t24?,25-/m0/s1. The number of aromatic nitrogens is 6. The Morgan fingerprint density at radius 2 is 1.94 bits per heavy atom. The van der Waals surface area contributed by atoms with E-state index in [0.717, 1.165) is 36.6 Å². The number of benzene rings is 1. The number of nitriles is 1. The fourth-order valence-corrected chi connectivity index (χ4v) is 6.77. The Morgan fingerprint density at radius 1 is 1.10 bits per heavy atom. The average molecular weight is 704 g/mol. The van der Waals surface area contributed by atoms with Crippen LogP contribution in [-0.4, -0.2) is 94.1 Å². The first kappa shape index (κ1) is 35.7. The molecule has 1 aromatic carbocycles. The lowest BCUT2D eigenvalue weighted by molar-refractivity contribution is -0.137. The van der Waals surface area contributed by atoms with E-state index in [1.165, 1.54) is 12.4 Å². The topological polar surface area (TPSA) is 152 Å². The van der Waals surface area contributed by atoms with Crippen molar-refractivity contribution in [2.24, 2.45) is 0 Å². The van der Waals surface area contributed by atoms with Gasteiger partial charge in [0.15, 0.2) is 17.5 Å². The number of carbonyl (C=O) groups is 1. The maximum atomic E-state index is 13.6. The number of rotatable bonds is 12. The SMILES string of the molecule is CC[C@H]1CC(NCCOCCN2CC(=O)N(CC)c3nc(-c4ccc(-c5ncn[nH]5)nc4C)cnc32)CCN1c1ccc(C#N)c(C(F)(F)F)c1. The summed E-state index contributed by atoms with van der Waals surface area (Å²) in [4.78, 5) is 37.1. The van der Waals surface area contributed by atoms with Gasteiger partial charge in [0.25, 0.3) is 0 Å². The molecule has 13 nitrogen and oxygen atoms in total. The number of piperidine rings is 1. The number of nitrogens with zero attached hydrogens (tertiary/aromatic N) is 9. The smallest absolute Gasteiger partial charge is 0.378 e. The number of pyridine rings is 1. The predicted molar refractivity (Wildman–Crippen MR) is 185 cm³/mol. The van der Waals surface area contributed by atoms with Gasteiger partial charge in [-0.1, -0.05) is 6.92 Å². The highest BCUT2D eigenvalue weighted by Gasteiger charge is 2.36. The number of alkyl halides is 3. The summed E-state index contributed by atoms with van der Waals surface area (Å²) >= 11 is 0. The summed E-state index contributed by atoms with van der Waals surface area (Å²) in [6.45, 7) is 8.96. The fourth-order valence-electron chi connectivity index (χ4n) is 6.77. The minimum atomic E-state index is -4.59. The Balaban J connectivity index is 1.01. The number of likely N-dealkylation sites (N-methyl/N-ethyl adjacent to an activating group) is 1. The van der Waals surface area contributed by atoms with Gasteiger partial charge in [0.05, 0.1) is 48.8 Å². The van der Waals surface area contributed by atoms with Crippen LogP contribution in [0.25, 0.3) is 22.8 Å². The summed E-state index contributed by atoms with van der Waals surface area (Å²) in [6, 6.07) is 9.62. The minimum Gasteiger partial charge on any atom is -0.378 e. The van der Waals surface area contributed by atoms with Gasteiger partial charge in [-0.15, -0.1) is 0 Å². The number of aryl methyl sites for hydroxylation is 1. The van der Waals surface area contributed by atoms with Crippen LogP contribution in [0.5, 0.6) is 0 Å². The maximum Gasteiger partial charge on any atom is 0.417 e. The van der Waals surface area contributed by atoms with Gasteiger partial charge in [-0.3, -0.25) is 14.8 Å². The Bertz CT molecular complexity index is 1880. The number of anilines is 3. The van der Waals surface area contributed by atoms with Gasteiger partial charge in [0.2, 0.25) is 5.91 Å². The van der Waals surface area contributed by atoms with Crippen LogP contribution in [0.15, 0.2) is 42.9 Å². The molecule has 16 heteroatoms. The van der Waals surface area contributed by atoms with E-state index in [1.807, 2.05) is 42.7 Å². The van der Waals surface area contributed by atoms with Gasteiger partial charge in [0, 0.05) is 55.2 Å². The zero-order valence-electron chi connectivity index (χ0n) is 28.7. The van der Waals surface area contributed by atoms with Crippen LogP contribution in [0.4, 0.5) is 30.5 Å². The molecule has 2 atom stereocenters. The zero-order chi connectivity index (χ0) is 36.1. The Labute approximate surface area is 293 Å². The summed E-state index contributed by atoms with van der Waals surface area (Å²) in [7, 11) is 0. The van der Waals surface area contributed by atoms with Crippen LogP contribution in [0.3, 0.4) is 0 Å². The number of ether oxygens (including phenoxy) is 1. The van der Waals surface area contributed by atoms with Gasteiger partial charge in [-0.25, -0.2) is 19.9 Å². The molecule has 1 unspecified atom stereocenters. The third-order valence-corrected chi connectivity index (χ3v) is 9.39. The summed E-state index contributed by atoms with van der Waals surface area (Å²) in [5.74, 6) is 1.62. The van der Waals surface area contributed by atoms with E-state index in [0.29, 0.717) is 73.9 Å². The van der Waals surface area contributed by atoms with Gasteiger partial charge >= 0.3 is 6.18 Å². The number of hydrogen-bond donors (Lipinski definition) is 2. The highest BCUT2D eigenvalue weighted by Crippen LogP contribution is 2.37. The number of hydrogen-bond acceptors (Lipinski definition) is 11. The molecule has 1 fully saturated rings. The Kier molecular flexibility index (Phi) is 10.8. The molecule has 0 radical (unpaired) electrons. The summed E-state index contributed by atoms with van der Waals surface area (Å²) in [5, 5.41) is 19.4. The van der Waals surface area contributed by atoms with E-state index in [-0.39, 0.29) is 30.1 Å². The number of amides is 1. The highest BCUT2D eigenvalue weighted by molar-refractivity contribution is 6.01. The number of fused-ring (bicyclic) bond motifs is 1. The highest BCUT2D eigenvalue weighted by atomic mass is 19.4. The lowest BCUT2D eigenvalue weighted by Crippen LogP contribution is -2.49. The maximum absolute atomic E-state index is 13.6. The predicted octanol–water partition coefficient (Wildman–Crippen LogP) is 4.75. The molecule has 2 aliphatic heterocycles. The number of H-pyrrole nitrogens is 1. The molecule has 51 heavy (non-hydrogen) atoms. The molecule has 0 spiro atoms. The van der Waals surface area contributed by atoms with E-state index in [2.05, 4.69) is 25.5 Å². The van der Waals surface area contributed by atoms with E-state index < -0.39 is 11.7 Å². The lowest BCUT2D eigenvalue weighted by atomic mass is 9.94. The molecule has 4 aromatic rings. The van der Waals surface area contributed by atoms with Crippen molar-refractivity contribution in [3.8, 4) is 28.8 Å². The van der Waals surface area contributed by atoms with Crippen LogP contribution in [0.2, 0.25) is 0 Å². The monoisotopic (exact) mass is 703 g/mol. The van der Waals surface area contributed by atoms with Crippen LogP contribution in [0.1, 0.15) is 49.9 Å². The molecule has 2 N–H and O–H groups in total. The van der Waals surface area contributed by atoms with E-state index in [4.69, 9.17) is 20.0 Å². The average Bonchev–Trinajstić information content (AvgIpc) is 3.67. The minimum absolute atomic E-state index is 0.0611. The largest absolute Gasteiger partial charge is 0.417 e. The Morgan fingerprint density at radius 3 is 2.65 bits per heavy atom. The van der Waals surface area contributed by atoms with Crippen LogP contribution >= 0.6 is 0 Å². The third kappa shape index (κ3) is 7.79. The van der Waals surface area contributed by atoms with Crippen LogP contribution in [0, 0.1) is 18.3 Å². The zero-order valence-corrected chi connectivity index (χ0v) is 28.7. The second-order valence-electron chi connectivity index (χ2n) is 12.5. The van der Waals surface area contributed by atoms with Crippen molar-refractivity contribution >= 4 is 23.2 Å². The molecule has 6 rings (SSSR count). The van der Waals surface area contributed by atoms with Gasteiger partial charge in [-0.05, 0) is 63.4 Å². The van der Waals surface area contributed by atoms with Gasteiger partial charge < -0.3 is 19.9 Å². The number of nitrogens with one attached hydrogen (secondary N) is 2. The summed E-state index contributed by atoms with van der Waals surface area (Å²) < 4.78 is 46.7. The van der Waals surface area contributed by atoms with Crippen molar-refractivity contribution < 1.29 is 22.7 Å². The van der Waals surface area contributed by atoms with Crippen molar-refractivity contribution in [1.82, 2.24) is 35.5 Å². The molecule has 268 valence electrons. The van der Waals surface area contributed by atoms with Crippen LogP contribution in [-0.2, 0) is 15.7 Å². The van der Waals surface area contributed by atoms with E-state index in [9.17, 15) is 18.0 Å². The number of carbonyl (C=O) groups excluding carboxylic acids is 1. The molecule has 1 saturated heterocycles. The van der Waals surface area contributed by atoms with Crippen molar-refractivity contribution in [3.05, 3.63) is 59.7 Å². The second kappa shape index (κ2) is 15.4. The third-order valence-electron chi connectivity index (χ3n) is 9.39. The molecule has 5 heterocycles. The molecule has 1 amide bonds. The first-order valence-corrected chi connectivity index (χ1v) is 17.1. The second-order valence-corrected chi connectivity index (χ2v) is 12.5. The molecule has 0 bridgehead atoms. The van der Waals surface area contributed by atoms with Crippen molar-refractivity contribution in [2.75, 3.05) is 60.6 Å². The van der Waals surface area contributed by atoms with E-state index in [1.54, 1.807) is 23.2 Å². The van der Waals surface area contributed by atoms with Crippen molar-refractivity contribution in [3.63, 3.8) is 0 Å². The first-order chi connectivity index (χ1) is 24.6. The molecule has 3 aromatic heterocycles. The van der Waals surface area contributed by atoms with Crippen molar-refractivity contribution in [1.29, 1.82) is 5.26 Å². The lowest BCUT2D eigenvalue weighted by Gasteiger charge is -2.41. The first-order valence-electron chi connectivity index (χ1n) is 17.1. The Hall–Kier alpha value is -5.14. The molecule has 0 aliphatic carbocycles. The quantitative estimate of drug-likeness (QED) is 0.197. The summed E-state index contributed by atoms with van der Waals surface area (Å²) in [5.41, 5.74) is 2.03. The fraction of sp³-hybridized carbons (Fsp3) is 0.457. The summed E-state index contributed by atoms with van der Waals surface area (Å²) in [6.07, 6.45) is 0.854. The van der Waals surface area contributed by atoms with Crippen molar-refractivity contribution in [2.45, 2.75) is 58.3 Å². The molecule has 2 aliphatic rings. The van der Waals surface area contributed by atoms with Crippen LogP contribution < -0.4 is 20.0 Å². The number of aromatic amines is 1. The van der Waals surface area contributed by atoms with Gasteiger partial charge in [-0.2, -0.15) is 23.5 Å². The van der Waals surface area contributed by atoms with E-state index >= 15 is 0 Å². The van der Waals surface area contributed by atoms with Gasteiger partial charge in [0.1, 0.15) is 12.0 Å². The molecular formula is C35H40F3N11O2.